The Labute approximate surface area is 107 Å². The first-order valence-electron chi connectivity index (χ1n) is 6.36. The number of hydrogen-bond acceptors (Lipinski definition) is 3. The molecule has 1 aromatic rings. The van der Waals surface area contributed by atoms with E-state index in [1.165, 1.54) is 0 Å². The number of hydrogen-bond donors (Lipinski definition) is 2. The van der Waals surface area contributed by atoms with Crippen LogP contribution in [0.1, 0.15) is 36.9 Å². The highest BCUT2D eigenvalue weighted by molar-refractivity contribution is 5.73. The molecule has 0 bridgehead atoms. The van der Waals surface area contributed by atoms with Gasteiger partial charge in [0.2, 0.25) is 0 Å². The van der Waals surface area contributed by atoms with E-state index >= 15 is 0 Å². The summed E-state index contributed by atoms with van der Waals surface area (Å²) in [5.74, 6) is -0.792. The van der Waals surface area contributed by atoms with E-state index in [4.69, 9.17) is 4.74 Å². The number of nitrogens with one attached hydrogen (secondary N) is 1. The van der Waals surface area contributed by atoms with Crippen LogP contribution in [0.3, 0.4) is 0 Å². The summed E-state index contributed by atoms with van der Waals surface area (Å²) in [5.41, 5.74) is 2.30. The molecular formula is C14H19NO3. The van der Waals surface area contributed by atoms with Gasteiger partial charge in [-0.3, -0.25) is 10.1 Å². The molecule has 1 heterocycles. The zero-order chi connectivity index (χ0) is 13.0. The third kappa shape index (κ3) is 2.89. The number of fused-ring (bicyclic) bond motifs is 1. The molecule has 0 aliphatic carbocycles. The predicted molar refractivity (Wildman–Crippen MR) is 68.3 cm³/mol. The molecule has 0 amide bonds. The summed E-state index contributed by atoms with van der Waals surface area (Å²) in [5, 5.41) is 12.4. The summed E-state index contributed by atoms with van der Waals surface area (Å²) in [6.45, 7) is 3.13. The zero-order valence-corrected chi connectivity index (χ0v) is 10.6. The van der Waals surface area contributed by atoms with Crippen molar-refractivity contribution in [2.24, 2.45) is 0 Å². The average molecular weight is 249 g/mol. The molecule has 0 spiro atoms. The fraction of sp³-hybridized carbons (Fsp3) is 0.500. The van der Waals surface area contributed by atoms with E-state index in [-0.39, 0.29) is 6.04 Å². The van der Waals surface area contributed by atoms with Crippen LogP contribution in [0.5, 0.6) is 0 Å². The van der Waals surface area contributed by atoms with Gasteiger partial charge >= 0.3 is 5.97 Å². The van der Waals surface area contributed by atoms with E-state index < -0.39 is 12.0 Å². The van der Waals surface area contributed by atoms with E-state index in [9.17, 15) is 9.90 Å². The van der Waals surface area contributed by atoms with Gasteiger partial charge < -0.3 is 9.84 Å². The Kier molecular flexibility index (Phi) is 4.33. The standard InChI is InChI=1S/C14H19NO3/c1-2-5-12(14(16)17)15-13-9-18-8-10-6-3-4-7-11(10)13/h3-4,6-7,12-13,15H,2,5,8-9H2,1H3,(H,16,17). The van der Waals surface area contributed by atoms with Crippen LogP contribution >= 0.6 is 0 Å². The third-order valence-corrected chi connectivity index (χ3v) is 3.25. The van der Waals surface area contributed by atoms with E-state index in [1.807, 2.05) is 31.2 Å². The van der Waals surface area contributed by atoms with Crippen molar-refractivity contribution < 1.29 is 14.6 Å². The minimum atomic E-state index is -0.792. The lowest BCUT2D eigenvalue weighted by Gasteiger charge is -2.29. The Morgan fingerprint density at radius 2 is 2.33 bits per heavy atom. The molecule has 0 saturated heterocycles. The Bertz CT molecular complexity index is 419. The summed E-state index contributed by atoms with van der Waals surface area (Å²) >= 11 is 0. The van der Waals surface area contributed by atoms with Gasteiger partial charge in [-0.1, -0.05) is 37.6 Å². The van der Waals surface area contributed by atoms with Gasteiger partial charge in [0, 0.05) is 0 Å². The van der Waals surface area contributed by atoms with E-state index in [2.05, 4.69) is 5.32 Å². The fourth-order valence-electron chi connectivity index (χ4n) is 2.33. The number of carbonyl (C=O) groups is 1. The van der Waals surface area contributed by atoms with Gasteiger partial charge in [0.1, 0.15) is 6.04 Å². The zero-order valence-electron chi connectivity index (χ0n) is 10.6. The van der Waals surface area contributed by atoms with Crippen LogP contribution in [-0.2, 0) is 16.1 Å². The van der Waals surface area contributed by atoms with E-state index in [0.29, 0.717) is 19.6 Å². The molecule has 4 nitrogen and oxygen atoms in total. The number of rotatable bonds is 5. The average Bonchev–Trinajstić information content (AvgIpc) is 2.38. The van der Waals surface area contributed by atoms with Crippen LogP contribution in [0.25, 0.3) is 0 Å². The van der Waals surface area contributed by atoms with Gasteiger partial charge in [0.05, 0.1) is 19.3 Å². The summed E-state index contributed by atoms with van der Waals surface area (Å²) in [6, 6.07) is 7.50. The third-order valence-electron chi connectivity index (χ3n) is 3.25. The first-order valence-corrected chi connectivity index (χ1v) is 6.36. The first-order chi connectivity index (χ1) is 8.72. The molecule has 4 heteroatoms. The summed E-state index contributed by atoms with van der Waals surface area (Å²) in [6.07, 6.45) is 1.48. The van der Waals surface area contributed by atoms with Crippen molar-refractivity contribution in [1.82, 2.24) is 5.32 Å². The number of carboxylic acid groups (broad SMARTS) is 1. The lowest BCUT2D eigenvalue weighted by molar-refractivity contribution is -0.140. The second kappa shape index (κ2) is 5.98. The van der Waals surface area contributed by atoms with Crippen LogP contribution in [0.4, 0.5) is 0 Å². The lowest BCUT2D eigenvalue weighted by Crippen LogP contribution is -2.42. The van der Waals surface area contributed by atoms with Crippen LogP contribution in [0, 0.1) is 0 Å². The van der Waals surface area contributed by atoms with Crippen molar-refractivity contribution in [3.05, 3.63) is 35.4 Å². The molecule has 2 N–H and O–H groups in total. The van der Waals surface area contributed by atoms with Crippen molar-refractivity contribution in [3.63, 3.8) is 0 Å². The molecule has 0 radical (unpaired) electrons. The van der Waals surface area contributed by atoms with E-state index in [0.717, 1.165) is 17.5 Å². The topological polar surface area (TPSA) is 58.6 Å². The molecule has 0 aromatic heterocycles. The Morgan fingerprint density at radius 3 is 3.06 bits per heavy atom. The predicted octanol–water partition coefficient (Wildman–Crippen LogP) is 2.10. The highest BCUT2D eigenvalue weighted by Gasteiger charge is 2.25. The Hall–Kier alpha value is -1.39. The van der Waals surface area contributed by atoms with Gasteiger partial charge in [0.25, 0.3) is 0 Å². The number of aliphatic carboxylic acids is 1. The van der Waals surface area contributed by atoms with Crippen molar-refractivity contribution in [1.29, 1.82) is 0 Å². The first kappa shape index (κ1) is 13.1. The fourth-order valence-corrected chi connectivity index (χ4v) is 2.33. The normalized spacial score (nSPS) is 20.2. The maximum atomic E-state index is 11.2. The largest absolute Gasteiger partial charge is 0.480 e. The van der Waals surface area contributed by atoms with Crippen molar-refractivity contribution >= 4 is 5.97 Å². The molecule has 18 heavy (non-hydrogen) atoms. The van der Waals surface area contributed by atoms with Crippen molar-refractivity contribution in [2.45, 2.75) is 38.5 Å². The molecule has 1 aliphatic heterocycles. The molecular weight excluding hydrogens is 230 g/mol. The van der Waals surface area contributed by atoms with Crippen LogP contribution in [0.2, 0.25) is 0 Å². The van der Waals surface area contributed by atoms with Gasteiger partial charge in [-0.2, -0.15) is 0 Å². The molecule has 2 atom stereocenters. The molecule has 2 rings (SSSR count). The number of carboxylic acids is 1. The minimum Gasteiger partial charge on any atom is -0.480 e. The molecule has 1 aliphatic rings. The number of ether oxygens (including phenoxy) is 1. The van der Waals surface area contributed by atoms with Gasteiger partial charge in [-0.25, -0.2) is 0 Å². The summed E-state index contributed by atoms with van der Waals surface area (Å²) < 4.78 is 5.51. The monoisotopic (exact) mass is 249 g/mol. The van der Waals surface area contributed by atoms with Gasteiger partial charge in [-0.15, -0.1) is 0 Å². The smallest absolute Gasteiger partial charge is 0.320 e. The molecule has 0 saturated carbocycles. The Morgan fingerprint density at radius 1 is 1.56 bits per heavy atom. The van der Waals surface area contributed by atoms with Crippen LogP contribution in [-0.4, -0.2) is 23.7 Å². The highest BCUT2D eigenvalue weighted by Crippen LogP contribution is 2.25. The molecule has 2 unspecified atom stereocenters. The SMILES string of the molecule is CCCC(NC1COCc2ccccc21)C(=O)O. The van der Waals surface area contributed by atoms with Crippen molar-refractivity contribution in [2.75, 3.05) is 6.61 Å². The summed E-state index contributed by atoms with van der Waals surface area (Å²) in [4.78, 5) is 11.2. The molecule has 1 aromatic carbocycles. The quantitative estimate of drug-likeness (QED) is 0.839. The highest BCUT2D eigenvalue weighted by atomic mass is 16.5. The van der Waals surface area contributed by atoms with Crippen LogP contribution < -0.4 is 5.32 Å². The Balaban J connectivity index is 2.12. The van der Waals surface area contributed by atoms with Crippen LogP contribution in [0.15, 0.2) is 24.3 Å². The molecule has 98 valence electrons. The second-order valence-corrected chi connectivity index (χ2v) is 4.61. The lowest BCUT2D eigenvalue weighted by atomic mass is 9.98. The molecule has 0 fully saturated rings. The summed E-state index contributed by atoms with van der Waals surface area (Å²) in [7, 11) is 0. The van der Waals surface area contributed by atoms with Crippen molar-refractivity contribution in [3.8, 4) is 0 Å². The maximum Gasteiger partial charge on any atom is 0.320 e. The minimum absolute atomic E-state index is 0.0254. The van der Waals surface area contributed by atoms with Gasteiger partial charge in [0.15, 0.2) is 0 Å². The second-order valence-electron chi connectivity index (χ2n) is 4.61. The van der Waals surface area contributed by atoms with E-state index in [1.54, 1.807) is 0 Å². The number of benzene rings is 1. The van der Waals surface area contributed by atoms with Gasteiger partial charge in [-0.05, 0) is 17.5 Å². The maximum absolute atomic E-state index is 11.2.